The molecule has 2 aromatic rings. The first-order chi connectivity index (χ1) is 7.20. The fourth-order valence-electron chi connectivity index (χ4n) is 1.38. The molecule has 6 heteroatoms. The van der Waals surface area contributed by atoms with Crippen molar-refractivity contribution in [1.29, 1.82) is 0 Å². The number of nitrogens with one attached hydrogen (secondary N) is 1. The van der Waals surface area contributed by atoms with Gasteiger partial charge >= 0.3 is 0 Å². The minimum absolute atomic E-state index is 0.410. The molecule has 0 radical (unpaired) electrons. The second-order valence-corrected chi connectivity index (χ2v) is 3.32. The first kappa shape index (κ1) is 9.88. The van der Waals surface area contributed by atoms with Crippen LogP contribution in [0.4, 0.5) is 5.82 Å². The number of nitrogens with zero attached hydrogens (tertiary/aromatic N) is 2. The summed E-state index contributed by atoms with van der Waals surface area (Å²) in [4.78, 5) is 11.1. The zero-order valence-corrected chi connectivity index (χ0v) is 8.14. The Morgan fingerprint density at radius 2 is 2.20 bits per heavy atom. The summed E-state index contributed by atoms with van der Waals surface area (Å²) in [7, 11) is 0. The largest absolute Gasteiger partial charge is 0.385 e. The van der Waals surface area contributed by atoms with Crippen LogP contribution < -0.4 is 11.5 Å². The molecule has 80 valence electrons. The molecule has 0 aliphatic rings. The number of aliphatic hydroxyl groups excluding tert-OH is 1. The normalized spacial score (nSPS) is 13.2. The second-order valence-electron chi connectivity index (χ2n) is 3.32. The number of imidazole rings is 1. The quantitative estimate of drug-likeness (QED) is 0.562. The van der Waals surface area contributed by atoms with Crippen LogP contribution in [0.3, 0.4) is 0 Å². The van der Waals surface area contributed by atoms with E-state index < -0.39 is 6.10 Å². The zero-order chi connectivity index (χ0) is 10.8. The molecule has 1 unspecified atom stereocenters. The van der Waals surface area contributed by atoms with E-state index in [1.807, 2.05) is 0 Å². The monoisotopic (exact) mass is 207 g/mol. The molecule has 15 heavy (non-hydrogen) atoms. The summed E-state index contributed by atoms with van der Waals surface area (Å²) in [5, 5.41) is 9.66. The van der Waals surface area contributed by atoms with Crippen LogP contribution in [0.5, 0.6) is 0 Å². The Kier molecular flexibility index (Phi) is 2.53. The van der Waals surface area contributed by atoms with E-state index in [4.69, 9.17) is 11.5 Å². The maximum Gasteiger partial charge on any atom is 0.179 e. The van der Waals surface area contributed by atoms with E-state index in [1.165, 1.54) is 0 Å². The molecule has 6 nitrogen and oxygen atoms in total. The van der Waals surface area contributed by atoms with E-state index in [2.05, 4.69) is 15.0 Å². The van der Waals surface area contributed by atoms with Gasteiger partial charge in [-0.15, -0.1) is 0 Å². The average Bonchev–Trinajstić information content (AvgIpc) is 2.60. The van der Waals surface area contributed by atoms with Crippen molar-refractivity contribution < 1.29 is 5.11 Å². The zero-order valence-electron chi connectivity index (χ0n) is 8.14. The van der Waals surface area contributed by atoms with Crippen LogP contribution in [0.2, 0.25) is 0 Å². The Morgan fingerprint density at radius 1 is 1.40 bits per heavy atom. The molecule has 2 rings (SSSR count). The Hall–Kier alpha value is -1.66. The lowest BCUT2D eigenvalue weighted by Crippen LogP contribution is -2.07. The number of hydrogen-bond donors (Lipinski definition) is 4. The molecule has 0 fully saturated rings. The van der Waals surface area contributed by atoms with E-state index >= 15 is 0 Å². The van der Waals surface area contributed by atoms with Crippen LogP contribution in [-0.2, 0) is 0 Å². The summed E-state index contributed by atoms with van der Waals surface area (Å²) < 4.78 is 0. The highest BCUT2D eigenvalue weighted by Gasteiger charge is 2.12. The van der Waals surface area contributed by atoms with Crippen LogP contribution in [-0.4, -0.2) is 26.6 Å². The van der Waals surface area contributed by atoms with Crippen LogP contribution >= 0.6 is 0 Å². The Bertz CT molecular complexity index is 466. The van der Waals surface area contributed by atoms with Gasteiger partial charge in [-0.2, -0.15) is 0 Å². The maximum atomic E-state index is 9.66. The number of pyridine rings is 1. The number of nitrogen functional groups attached to an aromatic ring is 1. The van der Waals surface area contributed by atoms with Crippen LogP contribution in [0.1, 0.15) is 18.3 Å². The van der Waals surface area contributed by atoms with Gasteiger partial charge in [0, 0.05) is 0 Å². The van der Waals surface area contributed by atoms with Gasteiger partial charge in [0.1, 0.15) is 17.7 Å². The third-order valence-corrected chi connectivity index (χ3v) is 2.14. The molecule has 2 aromatic heterocycles. The summed E-state index contributed by atoms with van der Waals surface area (Å²) in [5.74, 6) is 0.891. The molecule has 2 heterocycles. The Balaban J connectivity index is 2.38. The molecule has 0 bridgehead atoms. The number of nitrogens with two attached hydrogens (primary N) is 2. The van der Waals surface area contributed by atoms with Gasteiger partial charge in [0.15, 0.2) is 5.65 Å². The van der Waals surface area contributed by atoms with Gasteiger partial charge in [0.05, 0.1) is 5.52 Å². The van der Waals surface area contributed by atoms with Crippen molar-refractivity contribution in [3.63, 3.8) is 0 Å². The standard InChI is InChI=1S/C9H13N5O/c10-4-3-6(15)9-12-5-1-2-7(11)13-8(5)14-9/h1-2,6,15H,3-4,10H2,(H3,11,12,13,14). The SMILES string of the molecule is NCCC(O)c1nc2nc(N)ccc2[nH]1. The number of aromatic nitrogens is 3. The van der Waals surface area contributed by atoms with Gasteiger partial charge in [0.2, 0.25) is 0 Å². The molecule has 0 aliphatic heterocycles. The van der Waals surface area contributed by atoms with Crippen LogP contribution in [0.25, 0.3) is 11.2 Å². The summed E-state index contributed by atoms with van der Waals surface area (Å²) in [5.41, 5.74) is 12.1. The highest BCUT2D eigenvalue weighted by Crippen LogP contribution is 2.17. The van der Waals surface area contributed by atoms with Crippen molar-refractivity contribution in [3.8, 4) is 0 Å². The molecule has 0 saturated heterocycles. The summed E-state index contributed by atoms with van der Waals surface area (Å²) in [6.07, 6.45) is -0.208. The maximum absolute atomic E-state index is 9.66. The van der Waals surface area contributed by atoms with Crippen molar-refractivity contribution in [2.75, 3.05) is 12.3 Å². The topological polar surface area (TPSA) is 114 Å². The third-order valence-electron chi connectivity index (χ3n) is 2.14. The minimum Gasteiger partial charge on any atom is -0.385 e. The van der Waals surface area contributed by atoms with Gasteiger partial charge < -0.3 is 21.6 Å². The summed E-state index contributed by atoms with van der Waals surface area (Å²) >= 11 is 0. The first-order valence-electron chi connectivity index (χ1n) is 4.71. The van der Waals surface area contributed by atoms with Gasteiger partial charge in [-0.25, -0.2) is 9.97 Å². The Labute approximate surface area is 86.3 Å². The van der Waals surface area contributed by atoms with Gasteiger partial charge in [-0.05, 0) is 25.1 Å². The van der Waals surface area contributed by atoms with Crippen molar-refractivity contribution in [2.45, 2.75) is 12.5 Å². The lowest BCUT2D eigenvalue weighted by atomic mass is 10.2. The fourth-order valence-corrected chi connectivity index (χ4v) is 1.38. The number of rotatable bonds is 3. The average molecular weight is 207 g/mol. The van der Waals surface area contributed by atoms with Crippen LogP contribution in [0.15, 0.2) is 12.1 Å². The van der Waals surface area contributed by atoms with Gasteiger partial charge in [-0.1, -0.05) is 0 Å². The lowest BCUT2D eigenvalue weighted by molar-refractivity contribution is 0.162. The highest BCUT2D eigenvalue weighted by molar-refractivity contribution is 5.72. The van der Waals surface area contributed by atoms with Crippen molar-refractivity contribution in [2.24, 2.45) is 5.73 Å². The van der Waals surface area contributed by atoms with E-state index in [1.54, 1.807) is 12.1 Å². The van der Waals surface area contributed by atoms with Crippen molar-refractivity contribution in [1.82, 2.24) is 15.0 Å². The fraction of sp³-hybridized carbons (Fsp3) is 0.333. The molecular formula is C9H13N5O. The molecule has 0 amide bonds. The number of aliphatic hydroxyl groups is 1. The number of hydrogen-bond acceptors (Lipinski definition) is 5. The molecule has 6 N–H and O–H groups in total. The molecule has 0 aromatic carbocycles. The minimum atomic E-state index is -0.676. The summed E-state index contributed by atoms with van der Waals surface area (Å²) in [6.45, 7) is 0.410. The van der Waals surface area contributed by atoms with E-state index in [0.29, 0.717) is 30.3 Å². The summed E-state index contributed by atoms with van der Waals surface area (Å²) in [6, 6.07) is 3.46. The number of fused-ring (bicyclic) bond motifs is 1. The number of aromatic amines is 1. The molecule has 0 saturated carbocycles. The third kappa shape index (κ3) is 1.90. The molecule has 0 aliphatic carbocycles. The second kappa shape index (κ2) is 3.84. The number of anilines is 1. The van der Waals surface area contributed by atoms with Crippen molar-refractivity contribution in [3.05, 3.63) is 18.0 Å². The van der Waals surface area contributed by atoms with Crippen LogP contribution in [0, 0.1) is 0 Å². The first-order valence-corrected chi connectivity index (χ1v) is 4.71. The predicted molar refractivity (Wildman–Crippen MR) is 56.9 cm³/mol. The smallest absolute Gasteiger partial charge is 0.179 e. The van der Waals surface area contributed by atoms with Gasteiger partial charge in [-0.3, -0.25) is 0 Å². The van der Waals surface area contributed by atoms with Crippen molar-refractivity contribution >= 4 is 17.0 Å². The molecule has 1 atom stereocenters. The predicted octanol–water partition coefficient (Wildman–Crippen LogP) is -0.0777. The number of H-pyrrole nitrogens is 1. The van der Waals surface area contributed by atoms with Gasteiger partial charge in [0.25, 0.3) is 0 Å². The van der Waals surface area contributed by atoms with E-state index in [9.17, 15) is 5.11 Å². The Morgan fingerprint density at radius 3 is 2.93 bits per heavy atom. The van der Waals surface area contributed by atoms with E-state index in [-0.39, 0.29) is 0 Å². The molecule has 0 spiro atoms. The van der Waals surface area contributed by atoms with E-state index in [0.717, 1.165) is 5.52 Å². The lowest BCUT2D eigenvalue weighted by Gasteiger charge is -2.03. The molecular weight excluding hydrogens is 194 g/mol. The highest BCUT2D eigenvalue weighted by atomic mass is 16.3.